The van der Waals surface area contributed by atoms with Crippen molar-refractivity contribution in [2.24, 2.45) is 0 Å². The zero-order valence-electron chi connectivity index (χ0n) is 77.3. The van der Waals surface area contributed by atoms with Gasteiger partial charge in [0.05, 0.1) is 0 Å². The molecule has 141 heavy (non-hydrogen) atoms. The molecule has 0 saturated heterocycles. The van der Waals surface area contributed by atoms with Crippen molar-refractivity contribution in [3.05, 3.63) is 234 Å². The summed E-state index contributed by atoms with van der Waals surface area (Å²) in [5.41, 5.74) is 56.2. The molecule has 0 fully saturated rings. The number of hydrogen-bond acceptors (Lipinski definition) is 48. The van der Waals surface area contributed by atoms with Gasteiger partial charge in [0.25, 0.3) is 0 Å². The zero-order valence-corrected chi connectivity index (χ0v) is 83.3. The summed E-state index contributed by atoms with van der Waals surface area (Å²) in [7, 11) is 18.2. The van der Waals surface area contributed by atoms with Gasteiger partial charge in [-0.25, -0.2) is 0 Å². The Morgan fingerprint density at radius 1 is 0.213 bits per heavy atom. The minimum atomic E-state index is 0.0667. The molecule has 56 heteroatoms. The van der Waals surface area contributed by atoms with Gasteiger partial charge in [-0.1, -0.05) is 98.9 Å². The molecule has 0 aliphatic rings. The molecule has 0 spiro atoms. The molecular weight excluding hydrogens is 1980 g/mol. The van der Waals surface area contributed by atoms with E-state index in [-0.39, 0.29) is 65.5 Å². The molecular formula is C85H98Cl8N48. The topological polar surface area (TPSA) is 689 Å². The summed E-state index contributed by atoms with van der Waals surface area (Å²) >= 11 is 46.5. The predicted molar refractivity (Wildman–Crippen MR) is 571 cm³/mol. The third-order valence-corrected chi connectivity index (χ3v) is 18.7. The average Bonchev–Trinajstić information content (AvgIpc) is 0.787. The fourth-order valence-corrected chi connectivity index (χ4v) is 11.4. The van der Waals surface area contributed by atoms with E-state index in [2.05, 4.69) is 178 Å². The number of nitrogen functional groups attached to an aromatic ring is 9. The van der Waals surface area contributed by atoms with Crippen LogP contribution in [0.15, 0.2) is 194 Å². The van der Waals surface area contributed by atoms with Crippen LogP contribution in [-0.2, 0) is 0 Å². The molecule has 0 unspecified atom stereocenters. The van der Waals surface area contributed by atoms with Gasteiger partial charge in [0, 0.05) is 162 Å². The number of nitrogens with one attached hydrogen (secondary N) is 11. The van der Waals surface area contributed by atoms with Crippen LogP contribution < -0.4 is 130 Å². The smallest absolute Gasteiger partial charge is 0.236 e. The van der Waals surface area contributed by atoms with Crippen LogP contribution >= 0.6 is 92.8 Å². The van der Waals surface area contributed by atoms with Crippen LogP contribution in [0.2, 0.25) is 40.2 Å². The lowest BCUT2D eigenvalue weighted by Crippen LogP contribution is -2.19. The van der Waals surface area contributed by atoms with Crippen LogP contribution in [0.4, 0.5) is 188 Å². The monoisotopic (exact) mass is 2070 g/mol. The van der Waals surface area contributed by atoms with Crippen molar-refractivity contribution in [2.75, 3.05) is 200 Å². The second-order valence-corrected chi connectivity index (χ2v) is 32.4. The SMILES string of the molecule is CC(C)Nc1nc(N)nc(Nc2ccc(Cl)cc2)n1.CN(C)c1nc(N)nc(Nc2ccc(Cl)cc2)n1.CN(C)c1nc(Nc2ccc(Cl)cc2)nc(N(C)C)n1.CN(c1ccc(Cl)cc1)c1nc(N)nc(N)n1.CNc1nc(N)nc(Nc2ccc(Cl)cc2)n1.CNc1nc(NC)nc(Nc2ccc(Cl)cc2)n1.Nc1nc(N)nc(Nc2ccc(Cl)cc2)n1.Nc1nc(N)nc(Nc2cccc(Cl)c2)n1. The summed E-state index contributed by atoms with van der Waals surface area (Å²) in [6.45, 7) is 3.98. The van der Waals surface area contributed by atoms with Gasteiger partial charge in [-0.3, -0.25) is 0 Å². The lowest BCUT2D eigenvalue weighted by Gasteiger charge is -2.17. The maximum atomic E-state index is 5.87. The summed E-state index contributed by atoms with van der Waals surface area (Å²) in [5, 5.41) is 38.1. The summed E-state index contributed by atoms with van der Waals surface area (Å²) in [6.07, 6.45) is 0. The molecule has 0 radical (unpaired) electrons. The number of halogens is 8. The summed E-state index contributed by atoms with van der Waals surface area (Å²) in [5.74, 6) is 7.57. The van der Waals surface area contributed by atoms with Crippen molar-refractivity contribution < 1.29 is 0 Å². The Kier molecular flexibility index (Phi) is 41.2. The Morgan fingerprint density at radius 3 is 0.723 bits per heavy atom. The van der Waals surface area contributed by atoms with Crippen LogP contribution in [-0.4, -0.2) is 196 Å². The summed E-state index contributed by atoms with van der Waals surface area (Å²) in [4.78, 5) is 104. The van der Waals surface area contributed by atoms with E-state index < -0.39 is 0 Å². The highest BCUT2D eigenvalue weighted by Gasteiger charge is 2.16. The summed E-state index contributed by atoms with van der Waals surface area (Å²) < 4.78 is 0. The second kappa shape index (κ2) is 53.8. The van der Waals surface area contributed by atoms with Crippen molar-refractivity contribution in [2.45, 2.75) is 19.9 Å². The van der Waals surface area contributed by atoms with Gasteiger partial charge in [0.2, 0.25) is 143 Å². The predicted octanol–water partition coefficient (Wildman–Crippen LogP) is 15.6. The van der Waals surface area contributed by atoms with Gasteiger partial charge < -0.3 is 130 Å². The molecule has 48 nitrogen and oxygen atoms in total. The van der Waals surface area contributed by atoms with Crippen LogP contribution in [0.25, 0.3) is 0 Å². The Balaban J connectivity index is 0.000000180. The van der Waals surface area contributed by atoms with E-state index in [4.69, 9.17) is 144 Å². The molecule has 16 aromatic rings. The number of aromatic nitrogens is 24. The number of nitrogens with two attached hydrogens (primary N) is 9. The molecule has 0 atom stereocenters. The molecule has 16 rings (SSSR count). The molecule has 8 aromatic carbocycles. The van der Waals surface area contributed by atoms with Crippen molar-refractivity contribution >= 4 is 281 Å². The quantitative estimate of drug-likeness (QED) is 0.0267. The molecule has 0 aliphatic heterocycles. The van der Waals surface area contributed by atoms with Crippen molar-refractivity contribution in [1.29, 1.82) is 0 Å². The van der Waals surface area contributed by atoms with E-state index >= 15 is 0 Å². The van der Waals surface area contributed by atoms with E-state index in [0.717, 1.165) is 45.5 Å². The number of hydrogen-bond donors (Lipinski definition) is 20. The van der Waals surface area contributed by atoms with Gasteiger partial charge in [0.1, 0.15) is 0 Å². The van der Waals surface area contributed by atoms with Gasteiger partial charge in [-0.15, -0.1) is 0 Å². The Bertz CT molecular complexity index is 6490. The van der Waals surface area contributed by atoms with Crippen molar-refractivity contribution in [3.63, 3.8) is 0 Å². The fraction of sp³-hybridized carbons (Fsp3) is 0.153. The zero-order chi connectivity index (χ0) is 102. The van der Waals surface area contributed by atoms with Crippen LogP contribution in [0.5, 0.6) is 0 Å². The summed E-state index contributed by atoms with van der Waals surface area (Å²) in [6, 6.07) is 57.9. The lowest BCUT2D eigenvalue weighted by atomic mass is 10.3. The molecule has 29 N–H and O–H groups in total. The third kappa shape index (κ3) is 38.5. The highest BCUT2D eigenvalue weighted by atomic mass is 35.5. The Hall–Kier alpha value is -16.6. The molecule has 8 aromatic heterocycles. The van der Waals surface area contributed by atoms with Crippen LogP contribution in [0.3, 0.4) is 0 Å². The van der Waals surface area contributed by atoms with Gasteiger partial charge >= 0.3 is 0 Å². The molecule has 8 heterocycles. The third-order valence-electron chi connectivity index (χ3n) is 16.7. The molecule has 0 amide bonds. The molecule has 0 aliphatic carbocycles. The molecule has 0 saturated carbocycles. The average molecular weight is 2080 g/mol. The van der Waals surface area contributed by atoms with Crippen molar-refractivity contribution in [3.8, 4) is 0 Å². The minimum Gasteiger partial charge on any atom is -0.368 e. The normalized spacial score (nSPS) is 10.2. The number of rotatable bonds is 24. The van der Waals surface area contributed by atoms with E-state index in [9.17, 15) is 0 Å². The first-order valence-electron chi connectivity index (χ1n) is 41.1. The molecule has 734 valence electrons. The maximum Gasteiger partial charge on any atom is 0.236 e. The van der Waals surface area contributed by atoms with E-state index in [1.54, 1.807) is 141 Å². The number of nitrogens with zero attached hydrogens (tertiary/aromatic N) is 28. The lowest BCUT2D eigenvalue weighted by molar-refractivity contribution is 0.870. The highest BCUT2D eigenvalue weighted by molar-refractivity contribution is 6.33. The van der Waals surface area contributed by atoms with Crippen LogP contribution in [0.1, 0.15) is 13.8 Å². The molecule has 0 bridgehead atoms. The standard InChI is InChI=1S/C13H17ClN6.C12H15ClN6.2C11H13ClN6.2C10H11ClN6.2C9H9ClN6/c1-19(2)12-16-11(17-13(18-12)20(3)4)15-10-7-5-9(14)6-8-10;1-7(2)15-11-17-10(14)18-12(19-11)16-9-5-3-8(13)4-6-9;1-18(2)11-16-9(13)15-10(17-11)14-8-5-3-7(12)4-6-8;1-13-9-16-10(14-2)18-11(17-9)15-8-5-3-7(12)4-6-8;1-17(7-4-2-6(11)3-5-7)10-15-8(12)14-9(13)16-10;1-13-9-15-8(12)16-10(17-9)14-7-4-2-6(11)3-5-7;10-5-1-3-6(4-2-5)13-9-15-7(11)14-8(12)16-9;10-5-2-1-3-6(4-5)13-9-15-7(11)14-8(12)16-9/h5-8H,1-4H3,(H,15,16,17,18);3-7H,1-2H3,(H4,14,15,16,17,18,19);3-6H,1-2H3,(H3,13,14,15,16,17);3-6H,1-2H3,(H3,13,14,15,16,17,18);2-5H,1H3,(H4,12,13,14,15,16);2-5H,1H3,(H4,12,13,14,15,16,17);2*1-4H,(H5,11,12,13,14,15,16). The van der Waals surface area contributed by atoms with E-state index in [0.29, 0.717) is 123 Å². The first kappa shape index (κ1) is 108. The maximum absolute atomic E-state index is 5.87. The fourth-order valence-electron chi connectivity index (χ4n) is 10.4. The van der Waals surface area contributed by atoms with Gasteiger partial charge in [0.15, 0.2) is 0 Å². The number of benzene rings is 8. The first-order chi connectivity index (χ1) is 67.2. The van der Waals surface area contributed by atoms with Crippen LogP contribution in [0, 0.1) is 0 Å². The first-order valence-corrected chi connectivity index (χ1v) is 44.1. The number of anilines is 32. The largest absolute Gasteiger partial charge is 0.368 e. The minimum absolute atomic E-state index is 0.0667. The second-order valence-electron chi connectivity index (χ2n) is 28.9. The van der Waals surface area contributed by atoms with Gasteiger partial charge in [-0.05, 0) is 202 Å². The van der Waals surface area contributed by atoms with Crippen molar-refractivity contribution in [1.82, 2.24) is 120 Å². The van der Waals surface area contributed by atoms with E-state index in [1.807, 2.05) is 157 Å². The van der Waals surface area contributed by atoms with Gasteiger partial charge in [-0.2, -0.15) is 120 Å². The Labute approximate surface area is 849 Å². The highest BCUT2D eigenvalue weighted by Crippen LogP contribution is 2.29. The van der Waals surface area contributed by atoms with E-state index in [1.165, 1.54) is 0 Å². The Morgan fingerprint density at radius 2 is 0.426 bits per heavy atom.